The SMILES string of the molecule is COC(=O)[C@@H]1CN(C(=O)OC(C)(C)C)CCN1CC(=O)C(C)C. The molecule has 1 rings (SSSR count). The van der Waals surface area contributed by atoms with Crippen molar-refractivity contribution in [2.45, 2.75) is 46.3 Å². The van der Waals surface area contributed by atoms with Gasteiger partial charge in [0.25, 0.3) is 0 Å². The van der Waals surface area contributed by atoms with Gasteiger partial charge in [-0.15, -0.1) is 0 Å². The van der Waals surface area contributed by atoms with E-state index < -0.39 is 23.7 Å². The molecule has 1 saturated heterocycles. The number of rotatable bonds is 4. The highest BCUT2D eigenvalue weighted by molar-refractivity contribution is 5.84. The van der Waals surface area contributed by atoms with Crippen LogP contribution in [-0.4, -0.2) is 72.6 Å². The first-order chi connectivity index (χ1) is 10.5. The van der Waals surface area contributed by atoms with Gasteiger partial charge in [0.05, 0.1) is 20.2 Å². The van der Waals surface area contributed by atoms with E-state index in [2.05, 4.69) is 0 Å². The lowest BCUT2D eigenvalue weighted by Gasteiger charge is -2.39. The normalized spacial score (nSPS) is 19.6. The Labute approximate surface area is 137 Å². The minimum atomic E-state index is -0.649. The minimum Gasteiger partial charge on any atom is -0.468 e. The third kappa shape index (κ3) is 5.82. The summed E-state index contributed by atoms with van der Waals surface area (Å²) in [6, 6.07) is -0.649. The molecule has 1 aliphatic heterocycles. The smallest absolute Gasteiger partial charge is 0.410 e. The van der Waals surface area contributed by atoms with Crippen molar-refractivity contribution in [1.29, 1.82) is 0 Å². The van der Waals surface area contributed by atoms with Crippen molar-refractivity contribution in [3.8, 4) is 0 Å². The summed E-state index contributed by atoms with van der Waals surface area (Å²) >= 11 is 0. The van der Waals surface area contributed by atoms with E-state index in [0.717, 1.165) is 0 Å². The van der Waals surface area contributed by atoms with Gasteiger partial charge in [-0.25, -0.2) is 4.79 Å². The van der Waals surface area contributed by atoms with Crippen molar-refractivity contribution in [2.24, 2.45) is 5.92 Å². The van der Waals surface area contributed by atoms with Crippen LogP contribution in [0.25, 0.3) is 0 Å². The predicted octanol–water partition coefficient (Wildman–Crippen LogP) is 1.31. The molecule has 0 aliphatic carbocycles. The van der Waals surface area contributed by atoms with Crippen molar-refractivity contribution in [1.82, 2.24) is 9.80 Å². The summed E-state index contributed by atoms with van der Waals surface area (Å²) in [7, 11) is 1.30. The van der Waals surface area contributed by atoms with E-state index in [1.165, 1.54) is 12.0 Å². The molecule has 1 fully saturated rings. The number of ether oxygens (including phenoxy) is 2. The van der Waals surface area contributed by atoms with Crippen LogP contribution in [0.2, 0.25) is 0 Å². The Morgan fingerprint density at radius 3 is 2.26 bits per heavy atom. The van der Waals surface area contributed by atoms with Crippen LogP contribution in [0.3, 0.4) is 0 Å². The van der Waals surface area contributed by atoms with Gasteiger partial charge < -0.3 is 14.4 Å². The van der Waals surface area contributed by atoms with E-state index in [-0.39, 0.29) is 24.8 Å². The first kappa shape index (κ1) is 19.4. The summed E-state index contributed by atoms with van der Waals surface area (Å²) in [5.74, 6) is -0.489. The number of hydrogen-bond acceptors (Lipinski definition) is 6. The number of ketones is 1. The van der Waals surface area contributed by atoms with Gasteiger partial charge in [0.1, 0.15) is 17.4 Å². The van der Waals surface area contributed by atoms with Crippen LogP contribution in [-0.2, 0) is 19.1 Å². The fourth-order valence-corrected chi connectivity index (χ4v) is 2.24. The van der Waals surface area contributed by atoms with Crippen LogP contribution < -0.4 is 0 Å². The second-order valence-corrected chi connectivity index (χ2v) is 7.06. The van der Waals surface area contributed by atoms with E-state index in [1.807, 2.05) is 13.8 Å². The maximum absolute atomic E-state index is 12.2. The average Bonchev–Trinajstić information content (AvgIpc) is 2.44. The molecule has 0 saturated carbocycles. The van der Waals surface area contributed by atoms with Gasteiger partial charge in [-0.1, -0.05) is 13.8 Å². The van der Waals surface area contributed by atoms with Gasteiger partial charge in [0.15, 0.2) is 0 Å². The highest BCUT2D eigenvalue weighted by Gasteiger charge is 2.37. The first-order valence-electron chi connectivity index (χ1n) is 7.87. The largest absolute Gasteiger partial charge is 0.468 e. The summed E-state index contributed by atoms with van der Waals surface area (Å²) in [6.07, 6.45) is -0.457. The zero-order chi connectivity index (χ0) is 17.8. The number of methoxy groups -OCH3 is 1. The average molecular weight is 328 g/mol. The zero-order valence-corrected chi connectivity index (χ0v) is 14.9. The lowest BCUT2D eigenvalue weighted by Crippen LogP contribution is -2.59. The minimum absolute atomic E-state index is 0.0598. The molecule has 1 heterocycles. The Bertz CT molecular complexity index is 456. The van der Waals surface area contributed by atoms with Crippen molar-refractivity contribution in [3.05, 3.63) is 0 Å². The van der Waals surface area contributed by atoms with Gasteiger partial charge in [0.2, 0.25) is 0 Å². The maximum Gasteiger partial charge on any atom is 0.410 e. The fraction of sp³-hybridized carbons (Fsp3) is 0.812. The molecule has 0 radical (unpaired) electrons. The van der Waals surface area contributed by atoms with Gasteiger partial charge in [0, 0.05) is 19.0 Å². The highest BCUT2D eigenvalue weighted by Crippen LogP contribution is 2.16. The lowest BCUT2D eigenvalue weighted by molar-refractivity contribution is -0.150. The molecule has 1 aliphatic rings. The van der Waals surface area contributed by atoms with Crippen molar-refractivity contribution in [2.75, 3.05) is 33.3 Å². The lowest BCUT2D eigenvalue weighted by atomic mass is 10.1. The summed E-state index contributed by atoms with van der Waals surface area (Å²) in [5.41, 5.74) is -0.595. The number of esters is 1. The molecule has 0 aromatic carbocycles. The highest BCUT2D eigenvalue weighted by atomic mass is 16.6. The molecule has 1 amide bonds. The summed E-state index contributed by atoms with van der Waals surface area (Å²) in [4.78, 5) is 39.4. The molecule has 132 valence electrons. The second kappa shape index (κ2) is 7.77. The molecular formula is C16H28N2O5. The third-order valence-corrected chi connectivity index (χ3v) is 3.62. The summed E-state index contributed by atoms with van der Waals surface area (Å²) < 4.78 is 10.2. The van der Waals surface area contributed by atoms with Crippen LogP contribution in [0.4, 0.5) is 4.79 Å². The topological polar surface area (TPSA) is 76.2 Å². The monoisotopic (exact) mass is 328 g/mol. The van der Waals surface area contributed by atoms with E-state index in [1.54, 1.807) is 25.7 Å². The van der Waals surface area contributed by atoms with Gasteiger partial charge in [-0.05, 0) is 20.8 Å². The van der Waals surface area contributed by atoms with E-state index in [0.29, 0.717) is 13.1 Å². The van der Waals surface area contributed by atoms with Crippen molar-refractivity contribution >= 4 is 17.8 Å². The predicted molar refractivity (Wildman–Crippen MR) is 85.0 cm³/mol. The molecule has 0 aromatic rings. The molecule has 23 heavy (non-hydrogen) atoms. The third-order valence-electron chi connectivity index (χ3n) is 3.62. The second-order valence-electron chi connectivity index (χ2n) is 7.06. The number of Topliss-reactive ketones (excluding diaryl/α,β-unsaturated/α-hetero) is 1. The quantitative estimate of drug-likeness (QED) is 0.724. The number of hydrogen-bond donors (Lipinski definition) is 0. The van der Waals surface area contributed by atoms with Crippen LogP contribution in [0.15, 0.2) is 0 Å². The number of carbonyl (C=O) groups is 3. The van der Waals surface area contributed by atoms with Crippen LogP contribution in [0.5, 0.6) is 0 Å². The molecular weight excluding hydrogens is 300 g/mol. The fourth-order valence-electron chi connectivity index (χ4n) is 2.24. The van der Waals surface area contributed by atoms with E-state index in [4.69, 9.17) is 9.47 Å². The molecule has 7 nitrogen and oxygen atoms in total. The Hall–Kier alpha value is -1.63. The molecule has 1 atom stereocenters. The number of piperazine rings is 1. The molecule has 0 spiro atoms. The van der Waals surface area contributed by atoms with Crippen LogP contribution in [0.1, 0.15) is 34.6 Å². The molecule has 0 N–H and O–H groups in total. The Morgan fingerprint density at radius 1 is 1.17 bits per heavy atom. The van der Waals surface area contributed by atoms with E-state index >= 15 is 0 Å². The zero-order valence-electron chi connectivity index (χ0n) is 14.9. The van der Waals surface area contributed by atoms with E-state index in [9.17, 15) is 14.4 Å². The Balaban J connectivity index is 2.79. The standard InChI is InChI=1S/C16H28N2O5/c1-11(2)13(19)10-17-7-8-18(9-12(17)14(20)22-6)15(21)23-16(3,4)5/h11-12H,7-10H2,1-6H3/t12-/m0/s1. The maximum atomic E-state index is 12.2. The number of amides is 1. The molecule has 0 bridgehead atoms. The summed E-state index contributed by atoms with van der Waals surface area (Å²) in [6.45, 7) is 10.2. The first-order valence-corrected chi connectivity index (χ1v) is 7.87. The Morgan fingerprint density at radius 2 is 1.78 bits per heavy atom. The van der Waals surface area contributed by atoms with Crippen LogP contribution in [0, 0.1) is 5.92 Å². The molecule has 0 aromatic heterocycles. The van der Waals surface area contributed by atoms with Gasteiger partial charge in [-0.3, -0.25) is 14.5 Å². The molecule has 0 unspecified atom stereocenters. The number of carbonyl (C=O) groups excluding carboxylic acids is 3. The van der Waals surface area contributed by atoms with Gasteiger partial charge >= 0.3 is 12.1 Å². The van der Waals surface area contributed by atoms with Crippen molar-refractivity contribution < 1.29 is 23.9 Å². The van der Waals surface area contributed by atoms with Crippen molar-refractivity contribution in [3.63, 3.8) is 0 Å². The van der Waals surface area contributed by atoms with Crippen LogP contribution >= 0.6 is 0 Å². The molecule has 7 heteroatoms. The summed E-state index contributed by atoms with van der Waals surface area (Å²) in [5, 5.41) is 0. The number of nitrogens with zero attached hydrogens (tertiary/aromatic N) is 2. The Kier molecular flexibility index (Phi) is 6.56. The van der Waals surface area contributed by atoms with Gasteiger partial charge in [-0.2, -0.15) is 0 Å².